The fraction of sp³-hybridized carbons (Fsp3) is 0.278. The van der Waals surface area contributed by atoms with Crippen LogP contribution in [0.4, 0.5) is 5.69 Å². The largest absolute Gasteiger partial charge is 0.495 e. The number of benzene rings is 4. The number of nitrogens with zero attached hydrogens (tertiary/aromatic N) is 2. The summed E-state index contributed by atoms with van der Waals surface area (Å²) in [5.41, 5.74) is 2.38. The molecule has 2 atom stereocenters. The van der Waals surface area contributed by atoms with E-state index < -0.39 is 28.5 Å². The van der Waals surface area contributed by atoms with Crippen molar-refractivity contribution >= 4 is 50.7 Å². The van der Waals surface area contributed by atoms with E-state index in [2.05, 4.69) is 5.32 Å². The maximum Gasteiger partial charge on any atom is 0.264 e. The van der Waals surface area contributed by atoms with E-state index in [1.54, 1.807) is 48.5 Å². The molecule has 0 spiro atoms. The maximum absolute atomic E-state index is 14.7. The number of carbonyl (C=O) groups excluding carboxylic acids is 2. The van der Waals surface area contributed by atoms with Crippen LogP contribution in [0.5, 0.6) is 5.75 Å². The number of carbonyl (C=O) groups is 2. The van der Waals surface area contributed by atoms with E-state index in [9.17, 15) is 18.0 Å². The van der Waals surface area contributed by atoms with Gasteiger partial charge in [-0.15, -0.1) is 0 Å². The molecule has 0 aromatic heterocycles. The standard InChI is InChI=1S/C36H39Cl2N3O5S/c1-5-26(3)39-36(43)33(21-27-11-7-6-8-12-27)40(23-28-13-9-10-14-31(28)38)35(42)24-41(32-22-29(37)17-20-34(32)46-4)47(44,45)30-18-15-25(2)16-19-30/h6-20,22,26,33H,5,21,23-24H2,1-4H3,(H,39,43)/t26-,33-/m0/s1. The molecule has 0 unspecified atom stereocenters. The van der Waals surface area contributed by atoms with Crippen LogP contribution < -0.4 is 14.4 Å². The van der Waals surface area contributed by atoms with Crippen LogP contribution in [0.15, 0.2) is 102 Å². The van der Waals surface area contributed by atoms with Crippen molar-refractivity contribution in [3.8, 4) is 5.75 Å². The number of sulfonamides is 1. The van der Waals surface area contributed by atoms with Gasteiger partial charge in [0, 0.05) is 29.1 Å². The lowest BCUT2D eigenvalue weighted by Crippen LogP contribution is -2.54. The highest BCUT2D eigenvalue weighted by Gasteiger charge is 2.36. The molecule has 0 saturated carbocycles. The molecule has 2 amide bonds. The number of methoxy groups -OCH3 is 1. The molecule has 0 bridgehead atoms. The first kappa shape index (κ1) is 35.8. The molecule has 0 aliphatic heterocycles. The molecule has 4 aromatic rings. The number of hydrogen-bond donors (Lipinski definition) is 1. The minimum absolute atomic E-state index is 0.0223. The third-order valence-electron chi connectivity index (χ3n) is 7.87. The van der Waals surface area contributed by atoms with E-state index >= 15 is 0 Å². The number of halogens is 2. The van der Waals surface area contributed by atoms with Gasteiger partial charge >= 0.3 is 0 Å². The zero-order valence-corrected chi connectivity index (χ0v) is 29.1. The van der Waals surface area contributed by atoms with Crippen molar-refractivity contribution in [3.05, 3.63) is 124 Å². The van der Waals surface area contributed by atoms with Crippen LogP contribution in [0.3, 0.4) is 0 Å². The van der Waals surface area contributed by atoms with E-state index in [0.717, 1.165) is 15.4 Å². The summed E-state index contributed by atoms with van der Waals surface area (Å²) in [7, 11) is -2.93. The third kappa shape index (κ3) is 9.06. The van der Waals surface area contributed by atoms with Crippen molar-refractivity contribution < 1.29 is 22.7 Å². The van der Waals surface area contributed by atoms with Gasteiger partial charge in [-0.2, -0.15) is 0 Å². The summed E-state index contributed by atoms with van der Waals surface area (Å²) in [6.45, 7) is 4.99. The van der Waals surface area contributed by atoms with Crippen LogP contribution in [-0.2, 0) is 32.6 Å². The molecule has 248 valence electrons. The van der Waals surface area contributed by atoms with E-state index in [1.807, 2.05) is 51.1 Å². The molecule has 1 N–H and O–H groups in total. The lowest BCUT2D eigenvalue weighted by molar-refractivity contribution is -0.140. The molecular formula is C36H39Cl2N3O5S. The van der Waals surface area contributed by atoms with E-state index in [0.29, 0.717) is 17.0 Å². The summed E-state index contributed by atoms with van der Waals surface area (Å²) >= 11 is 12.9. The Labute approximate surface area is 287 Å². The molecule has 0 fully saturated rings. The lowest BCUT2D eigenvalue weighted by atomic mass is 10.0. The maximum atomic E-state index is 14.7. The van der Waals surface area contributed by atoms with Crippen LogP contribution in [0, 0.1) is 6.92 Å². The van der Waals surface area contributed by atoms with Crippen LogP contribution in [0.25, 0.3) is 0 Å². The summed E-state index contributed by atoms with van der Waals surface area (Å²) in [6.07, 6.45) is 0.865. The van der Waals surface area contributed by atoms with Gasteiger partial charge in [-0.1, -0.05) is 96.4 Å². The summed E-state index contributed by atoms with van der Waals surface area (Å²) in [5.74, 6) is -0.786. The molecular weight excluding hydrogens is 657 g/mol. The SMILES string of the molecule is CC[C@H](C)NC(=O)[C@H](Cc1ccccc1)N(Cc1ccccc1Cl)C(=O)CN(c1cc(Cl)ccc1OC)S(=O)(=O)c1ccc(C)cc1. The Morgan fingerprint density at radius 3 is 2.21 bits per heavy atom. The fourth-order valence-corrected chi connectivity index (χ4v) is 6.79. The van der Waals surface area contributed by atoms with E-state index in [1.165, 1.54) is 30.2 Å². The molecule has 8 nitrogen and oxygen atoms in total. The first-order valence-electron chi connectivity index (χ1n) is 15.2. The Balaban J connectivity index is 1.87. The predicted octanol–water partition coefficient (Wildman–Crippen LogP) is 7.06. The Morgan fingerprint density at radius 2 is 1.57 bits per heavy atom. The lowest BCUT2D eigenvalue weighted by Gasteiger charge is -2.34. The normalized spacial score (nSPS) is 12.6. The second-order valence-electron chi connectivity index (χ2n) is 11.3. The van der Waals surface area contributed by atoms with Crippen molar-refractivity contribution in [2.24, 2.45) is 0 Å². The summed E-state index contributed by atoms with van der Waals surface area (Å²) in [5, 5.41) is 3.68. The van der Waals surface area contributed by atoms with E-state index in [-0.39, 0.29) is 46.3 Å². The van der Waals surface area contributed by atoms with Crippen molar-refractivity contribution in [2.75, 3.05) is 18.0 Å². The van der Waals surface area contributed by atoms with Gasteiger partial charge in [-0.05, 0) is 67.8 Å². The van der Waals surface area contributed by atoms with Crippen LogP contribution in [0.1, 0.15) is 37.0 Å². The summed E-state index contributed by atoms with van der Waals surface area (Å²) in [4.78, 5) is 30.0. The zero-order valence-electron chi connectivity index (χ0n) is 26.8. The van der Waals surface area contributed by atoms with Crippen molar-refractivity contribution in [1.29, 1.82) is 0 Å². The topological polar surface area (TPSA) is 96.0 Å². The molecule has 0 heterocycles. The molecule has 11 heteroatoms. The Bertz CT molecular complexity index is 1790. The van der Waals surface area contributed by atoms with E-state index in [4.69, 9.17) is 27.9 Å². The van der Waals surface area contributed by atoms with Gasteiger partial charge in [0.2, 0.25) is 11.8 Å². The highest BCUT2D eigenvalue weighted by Crippen LogP contribution is 2.35. The van der Waals surface area contributed by atoms with Gasteiger partial charge in [0.15, 0.2) is 0 Å². The summed E-state index contributed by atoms with van der Waals surface area (Å²) < 4.78 is 35.2. The molecule has 4 aromatic carbocycles. The predicted molar refractivity (Wildman–Crippen MR) is 188 cm³/mol. The number of ether oxygens (including phenoxy) is 1. The number of nitrogens with one attached hydrogen (secondary N) is 1. The number of hydrogen-bond acceptors (Lipinski definition) is 5. The first-order valence-corrected chi connectivity index (χ1v) is 17.4. The van der Waals surface area contributed by atoms with Gasteiger partial charge < -0.3 is 15.0 Å². The Kier molecular flexibility index (Phi) is 12.3. The van der Waals surface area contributed by atoms with Crippen molar-refractivity contribution in [1.82, 2.24) is 10.2 Å². The van der Waals surface area contributed by atoms with Gasteiger partial charge in [-0.3, -0.25) is 13.9 Å². The minimum Gasteiger partial charge on any atom is -0.495 e. The number of rotatable bonds is 14. The Hall–Kier alpha value is -4.05. The Morgan fingerprint density at radius 1 is 0.915 bits per heavy atom. The molecule has 0 aliphatic carbocycles. The number of amides is 2. The van der Waals surface area contributed by atoms with Gasteiger partial charge in [-0.25, -0.2) is 8.42 Å². The van der Waals surface area contributed by atoms with Crippen molar-refractivity contribution in [2.45, 2.75) is 57.1 Å². The first-order chi connectivity index (χ1) is 22.4. The fourth-order valence-electron chi connectivity index (χ4n) is 5.01. The third-order valence-corrected chi connectivity index (χ3v) is 10.2. The molecule has 0 aliphatic rings. The smallest absolute Gasteiger partial charge is 0.264 e. The second-order valence-corrected chi connectivity index (χ2v) is 14.0. The monoisotopic (exact) mass is 695 g/mol. The highest BCUT2D eigenvalue weighted by atomic mass is 35.5. The number of anilines is 1. The van der Waals surface area contributed by atoms with Gasteiger partial charge in [0.25, 0.3) is 10.0 Å². The quantitative estimate of drug-likeness (QED) is 0.152. The molecule has 4 rings (SSSR count). The average Bonchev–Trinajstić information content (AvgIpc) is 3.06. The molecule has 0 saturated heterocycles. The second kappa shape index (κ2) is 16.2. The summed E-state index contributed by atoms with van der Waals surface area (Å²) in [6, 6.07) is 26.1. The highest BCUT2D eigenvalue weighted by molar-refractivity contribution is 7.92. The van der Waals surface area contributed by atoms with Crippen LogP contribution in [-0.4, -0.2) is 50.9 Å². The van der Waals surface area contributed by atoms with Crippen LogP contribution >= 0.6 is 23.2 Å². The average molecular weight is 697 g/mol. The molecule has 47 heavy (non-hydrogen) atoms. The number of aryl methyl sites for hydroxylation is 1. The molecule has 0 radical (unpaired) electrons. The minimum atomic E-state index is -4.34. The van der Waals surface area contributed by atoms with Crippen LogP contribution in [0.2, 0.25) is 10.0 Å². The van der Waals surface area contributed by atoms with Crippen molar-refractivity contribution in [3.63, 3.8) is 0 Å². The zero-order chi connectivity index (χ0) is 34.1. The van der Waals surface area contributed by atoms with Gasteiger partial charge in [0.05, 0.1) is 17.7 Å². The van der Waals surface area contributed by atoms with Gasteiger partial charge in [0.1, 0.15) is 18.3 Å².